The first-order valence-corrected chi connectivity index (χ1v) is 23.5. The molecule has 62 heavy (non-hydrogen) atoms. The first kappa shape index (κ1) is 48.0. The van der Waals surface area contributed by atoms with Gasteiger partial charge >= 0.3 is 0 Å². The highest BCUT2D eigenvalue weighted by molar-refractivity contribution is 7.80. The Bertz CT molecular complexity index is 2400. The molecule has 0 spiro atoms. The zero-order chi connectivity index (χ0) is 44.9. The summed E-state index contributed by atoms with van der Waals surface area (Å²) in [6.45, 7) is 30.5. The average molecular weight is 841 g/mol. The van der Waals surface area contributed by atoms with E-state index in [9.17, 15) is 0 Å². The number of unbranched alkanes of at least 4 members (excludes halogenated alkanes) is 5. The second-order valence-electron chi connectivity index (χ2n) is 18.3. The predicted molar refractivity (Wildman–Crippen MR) is 277 cm³/mol. The van der Waals surface area contributed by atoms with Crippen molar-refractivity contribution >= 4 is 42.8 Å². The Morgan fingerprint density at radius 3 is 2.39 bits per heavy atom. The maximum atomic E-state index is 5.84. The van der Waals surface area contributed by atoms with Crippen molar-refractivity contribution in [3.8, 4) is 12.3 Å². The van der Waals surface area contributed by atoms with Crippen LogP contribution in [0, 0.1) is 23.7 Å². The van der Waals surface area contributed by atoms with Gasteiger partial charge in [0, 0.05) is 39.4 Å². The van der Waals surface area contributed by atoms with Gasteiger partial charge in [0.25, 0.3) is 0 Å². The van der Waals surface area contributed by atoms with Crippen LogP contribution in [0.25, 0.3) is 18.7 Å². The molecule has 5 rings (SSSR count). The van der Waals surface area contributed by atoms with Crippen molar-refractivity contribution in [3.05, 3.63) is 171 Å². The summed E-state index contributed by atoms with van der Waals surface area (Å²) in [6.07, 6.45) is 44.3. The Morgan fingerprint density at radius 2 is 1.68 bits per heavy atom. The number of hydrogen-bond donors (Lipinski definition) is 1. The lowest BCUT2D eigenvalue weighted by atomic mass is 9.73. The molecule has 1 unspecified atom stereocenters. The number of allylic oxidation sites excluding steroid dienone is 17. The van der Waals surface area contributed by atoms with Crippen LogP contribution >= 0.6 is 12.6 Å². The number of benzene rings is 2. The first-order valence-electron chi connectivity index (χ1n) is 23.0. The van der Waals surface area contributed by atoms with Crippen LogP contribution in [0.3, 0.4) is 0 Å². The minimum atomic E-state index is -0.454. The van der Waals surface area contributed by atoms with Crippen LogP contribution in [0.1, 0.15) is 124 Å². The van der Waals surface area contributed by atoms with Crippen LogP contribution in [-0.2, 0) is 5.41 Å². The fourth-order valence-electron chi connectivity index (χ4n) is 9.34. The zero-order valence-electron chi connectivity index (χ0n) is 39.0. The normalized spacial score (nSPS) is 19.9. The average Bonchev–Trinajstić information content (AvgIpc) is 3.46. The van der Waals surface area contributed by atoms with Gasteiger partial charge in [0.15, 0.2) is 0 Å². The van der Waals surface area contributed by atoms with Crippen molar-refractivity contribution in [2.75, 3.05) is 18.0 Å². The number of terminal acetylenes is 1. The Kier molecular flexibility index (Phi) is 17.3. The number of aliphatic imine (C=N–C) groups is 1. The molecule has 324 valence electrons. The number of nitrogens with zero attached hydrogens (tertiary/aromatic N) is 2. The molecular formula is C59H72N2S. The lowest BCUT2D eigenvalue weighted by molar-refractivity contribution is 0.560. The lowest BCUT2D eigenvalue weighted by Gasteiger charge is -2.31. The van der Waals surface area contributed by atoms with Gasteiger partial charge in [-0.2, -0.15) is 0 Å². The van der Waals surface area contributed by atoms with Gasteiger partial charge in [-0.25, -0.2) is 0 Å². The Hall–Kier alpha value is -5.04. The third-order valence-corrected chi connectivity index (χ3v) is 13.1. The van der Waals surface area contributed by atoms with Crippen LogP contribution in [0.4, 0.5) is 5.69 Å². The Balaban J connectivity index is 1.64. The van der Waals surface area contributed by atoms with E-state index in [1.165, 1.54) is 82.1 Å². The summed E-state index contributed by atoms with van der Waals surface area (Å²) < 4.78 is 0. The molecule has 0 bridgehead atoms. The number of rotatable bonds is 18. The third-order valence-electron chi connectivity index (χ3n) is 12.8. The van der Waals surface area contributed by atoms with Crippen LogP contribution in [0.2, 0.25) is 0 Å². The SMILES string of the molecule is C#CCN=C(/C=C/C1=C(C=Cc2ccc(S)cc2)C(=C/C=C2\N(CCCCCCCC)c3ccc(=C)/c(=C\C=C)c3C2(C)C)/CC(C)C1)C(C)(C)C(=C)C1=CCCC=C1/C=C\C. The molecule has 3 heteroatoms. The molecular weight excluding hydrogens is 769 g/mol. The van der Waals surface area contributed by atoms with Gasteiger partial charge in [-0.15, -0.1) is 19.1 Å². The fourth-order valence-corrected chi connectivity index (χ4v) is 9.49. The van der Waals surface area contributed by atoms with Gasteiger partial charge in [-0.3, -0.25) is 4.99 Å². The van der Waals surface area contributed by atoms with Crippen LogP contribution < -0.4 is 15.3 Å². The van der Waals surface area contributed by atoms with Gasteiger partial charge in [0.05, 0.1) is 6.54 Å². The van der Waals surface area contributed by atoms with E-state index in [-0.39, 0.29) is 5.41 Å². The van der Waals surface area contributed by atoms with E-state index in [0.29, 0.717) is 12.5 Å². The maximum absolute atomic E-state index is 5.84. The molecule has 1 aliphatic heterocycles. The molecule has 0 radical (unpaired) electrons. The van der Waals surface area contributed by atoms with E-state index in [0.717, 1.165) is 65.6 Å². The van der Waals surface area contributed by atoms with Gasteiger partial charge in [-0.1, -0.05) is 178 Å². The molecule has 2 aromatic carbocycles. The number of thiol groups is 1. The molecule has 2 nitrogen and oxygen atoms in total. The predicted octanol–water partition coefficient (Wildman–Crippen LogP) is 14.5. The summed E-state index contributed by atoms with van der Waals surface area (Å²) in [5.41, 5.74) is 12.7. The first-order chi connectivity index (χ1) is 29.8. The Morgan fingerprint density at radius 1 is 0.952 bits per heavy atom. The summed E-state index contributed by atoms with van der Waals surface area (Å²) in [7, 11) is 0. The number of hydrogen-bond acceptors (Lipinski definition) is 3. The van der Waals surface area contributed by atoms with E-state index in [1.54, 1.807) is 0 Å². The Labute approximate surface area is 381 Å². The van der Waals surface area contributed by atoms with E-state index in [2.05, 4.69) is 188 Å². The molecule has 0 N–H and O–H groups in total. The summed E-state index contributed by atoms with van der Waals surface area (Å²) in [5.74, 6) is 3.22. The van der Waals surface area contributed by atoms with Crippen LogP contribution in [0.5, 0.6) is 0 Å². The fraction of sp³-hybridized carbons (Fsp3) is 0.373. The summed E-state index contributed by atoms with van der Waals surface area (Å²) >= 11 is 4.56. The molecule has 0 fully saturated rings. The second kappa shape index (κ2) is 22.4. The highest BCUT2D eigenvalue weighted by Gasteiger charge is 2.40. The van der Waals surface area contributed by atoms with E-state index >= 15 is 0 Å². The minimum Gasteiger partial charge on any atom is -0.344 e. The summed E-state index contributed by atoms with van der Waals surface area (Å²) in [6, 6.07) is 12.8. The highest BCUT2D eigenvalue weighted by Crippen LogP contribution is 2.47. The van der Waals surface area contributed by atoms with Crippen molar-refractivity contribution in [1.82, 2.24) is 0 Å². The lowest BCUT2D eigenvalue weighted by Crippen LogP contribution is -2.33. The van der Waals surface area contributed by atoms with Gasteiger partial charge < -0.3 is 4.90 Å². The number of anilines is 1. The summed E-state index contributed by atoms with van der Waals surface area (Å²) in [4.78, 5) is 8.58. The zero-order valence-corrected chi connectivity index (χ0v) is 39.9. The largest absolute Gasteiger partial charge is 0.344 e. The molecule has 0 saturated carbocycles. The monoisotopic (exact) mass is 841 g/mol. The third kappa shape index (κ3) is 11.5. The van der Waals surface area contributed by atoms with Crippen molar-refractivity contribution in [3.63, 3.8) is 0 Å². The summed E-state index contributed by atoms with van der Waals surface area (Å²) in [5, 5.41) is 2.22. The van der Waals surface area contributed by atoms with Gasteiger partial charge in [0.1, 0.15) is 0 Å². The van der Waals surface area contributed by atoms with Crippen molar-refractivity contribution < 1.29 is 0 Å². The smallest absolute Gasteiger partial charge is 0.0998 e. The van der Waals surface area contributed by atoms with E-state index in [1.807, 2.05) is 6.08 Å². The standard InChI is InChI=1S/C59H72N2S/c1-12-16-17-18-19-22-40-61-54-36-27-44(6)51(24-14-3)57(54)59(10,11)56(61)38-32-49-42-43(5)41-48(53(49)35-30-46-28-33-50(62)34-29-46)31-37-55(60-39-15-4)58(8,9)45(7)52-26-21-20-25-47(52)23-13-2/h4,13-14,23-38,43,62H,3,6-7,12,16-22,39-42H2,1-2,5,8-11H3/b23-13-,35-30?,37-31+,49-32+,51-24+,56-38-,60-55?. The number of fused-ring (bicyclic) bond motifs is 1. The van der Waals surface area contributed by atoms with Crippen molar-refractivity contribution in [2.45, 2.75) is 123 Å². The maximum Gasteiger partial charge on any atom is 0.0998 e. The molecule has 2 aromatic rings. The quantitative estimate of drug-likeness (QED) is 0.0684. The van der Waals surface area contributed by atoms with Crippen LogP contribution in [0.15, 0.2) is 159 Å². The van der Waals surface area contributed by atoms with E-state index in [4.69, 9.17) is 18.0 Å². The molecule has 3 aliphatic rings. The van der Waals surface area contributed by atoms with Crippen molar-refractivity contribution in [2.24, 2.45) is 16.3 Å². The molecule has 0 amide bonds. The molecule has 1 atom stereocenters. The highest BCUT2D eigenvalue weighted by atomic mass is 32.1. The molecule has 0 saturated heterocycles. The molecule has 2 aliphatic carbocycles. The van der Waals surface area contributed by atoms with Crippen molar-refractivity contribution in [1.29, 1.82) is 0 Å². The topological polar surface area (TPSA) is 15.6 Å². The van der Waals surface area contributed by atoms with E-state index < -0.39 is 5.41 Å². The molecule has 1 heterocycles. The van der Waals surface area contributed by atoms with Crippen LogP contribution in [-0.4, -0.2) is 18.8 Å². The second-order valence-corrected chi connectivity index (χ2v) is 18.8. The van der Waals surface area contributed by atoms with Gasteiger partial charge in [-0.05, 0) is 130 Å². The minimum absolute atomic E-state index is 0.236. The van der Waals surface area contributed by atoms with Gasteiger partial charge in [0.2, 0.25) is 0 Å². The molecule has 0 aromatic heterocycles.